The quantitative estimate of drug-likeness (QED) is 0.813. The number of pyridine rings is 1. The molecular weight excluding hydrogens is 382 g/mol. The van der Waals surface area contributed by atoms with Gasteiger partial charge in [-0.15, -0.1) is 0 Å². The second kappa shape index (κ2) is 9.55. The van der Waals surface area contributed by atoms with Gasteiger partial charge in [0.25, 0.3) is 5.91 Å². The van der Waals surface area contributed by atoms with E-state index in [0.29, 0.717) is 24.6 Å². The molecule has 2 fully saturated rings. The lowest BCUT2D eigenvalue weighted by atomic mass is 9.96. The molecule has 0 bridgehead atoms. The molecule has 3 heterocycles. The van der Waals surface area contributed by atoms with Crippen molar-refractivity contribution in [2.45, 2.75) is 31.1 Å². The molecule has 2 saturated heterocycles. The number of methoxy groups -OCH3 is 1. The summed E-state index contributed by atoms with van der Waals surface area (Å²) in [6, 6.07) is 13.4. The average molecular weight is 412 g/mol. The molecule has 1 amide bonds. The van der Waals surface area contributed by atoms with Crippen molar-refractivity contribution in [1.82, 2.24) is 14.8 Å². The first-order valence-corrected chi connectivity index (χ1v) is 10.5. The van der Waals surface area contributed by atoms with E-state index in [4.69, 9.17) is 9.47 Å². The molecule has 0 aliphatic carbocycles. The first-order valence-electron chi connectivity index (χ1n) is 10.5. The number of amides is 1. The van der Waals surface area contributed by atoms with E-state index >= 15 is 0 Å². The zero-order valence-electron chi connectivity index (χ0n) is 17.3. The highest BCUT2D eigenvalue weighted by Crippen LogP contribution is 2.32. The summed E-state index contributed by atoms with van der Waals surface area (Å²) in [5.74, 6) is 0.430. The van der Waals surface area contributed by atoms with Gasteiger partial charge in [0.15, 0.2) is 0 Å². The van der Waals surface area contributed by atoms with Gasteiger partial charge in [-0.3, -0.25) is 4.79 Å². The molecule has 0 saturated carbocycles. The monoisotopic (exact) mass is 411 g/mol. The number of benzene rings is 1. The third-order valence-corrected chi connectivity index (χ3v) is 5.94. The minimum atomic E-state index is -0.209. The lowest BCUT2D eigenvalue weighted by Gasteiger charge is -2.44. The van der Waals surface area contributed by atoms with Crippen LogP contribution in [-0.2, 0) is 4.74 Å². The number of aromatic nitrogens is 1. The highest BCUT2D eigenvalue weighted by Gasteiger charge is 2.38. The van der Waals surface area contributed by atoms with Crippen LogP contribution in [0.1, 0.15) is 34.8 Å². The first kappa shape index (κ1) is 20.8. The number of morpholine rings is 1. The minimum absolute atomic E-state index is 0.0543. The molecule has 0 spiro atoms. The Hall–Kier alpha value is -2.48. The predicted molar refractivity (Wildman–Crippen MR) is 112 cm³/mol. The van der Waals surface area contributed by atoms with E-state index < -0.39 is 0 Å². The van der Waals surface area contributed by atoms with Crippen LogP contribution in [0.25, 0.3) is 0 Å². The molecule has 7 heteroatoms. The van der Waals surface area contributed by atoms with Crippen molar-refractivity contribution in [1.29, 1.82) is 0 Å². The Morgan fingerprint density at radius 1 is 1.17 bits per heavy atom. The summed E-state index contributed by atoms with van der Waals surface area (Å²) < 4.78 is 11.3. The van der Waals surface area contributed by atoms with Crippen molar-refractivity contribution in [3.8, 4) is 5.88 Å². The Labute approximate surface area is 177 Å². The van der Waals surface area contributed by atoms with E-state index in [2.05, 4.69) is 22.0 Å². The molecule has 2 aromatic rings. The van der Waals surface area contributed by atoms with Gasteiger partial charge in [-0.25, -0.2) is 4.98 Å². The third kappa shape index (κ3) is 4.64. The van der Waals surface area contributed by atoms with Gasteiger partial charge in [-0.1, -0.05) is 30.3 Å². The molecule has 2 aliphatic rings. The van der Waals surface area contributed by atoms with E-state index in [0.717, 1.165) is 38.0 Å². The highest BCUT2D eigenvalue weighted by atomic mass is 16.5. The lowest BCUT2D eigenvalue weighted by molar-refractivity contribution is -0.0770. The maximum Gasteiger partial charge on any atom is 0.256 e. The molecule has 1 N–H and O–H groups in total. The Kier molecular flexibility index (Phi) is 6.62. The van der Waals surface area contributed by atoms with Crippen LogP contribution in [0, 0.1) is 0 Å². The van der Waals surface area contributed by atoms with Gasteiger partial charge in [0, 0.05) is 38.4 Å². The van der Waals surface area contributed by atoms with Gasteiger partial charge in [0.2, 0.25) is 5.88 Å². The van der Waals surface area contributed by atoms with Crippen LogP contribution in [0.4, 0.5) is 0 Å². The number of nitrogens with zero attached hydrogens (tertiary/aromatic N) is 3. The van der Waals surface area contributed by atoms with Crippen molar-refractivity contribution in [3.63, 3.8) is 0 Å². The van der Waals surface area contributed by atoms with E-state index in [1.807, 2.05) is 23.1 Å². The zero-order chi connectivity index (χ0) is 20.9. The number of piperidine rings is 1. The second-order valence-electron chi connectivity index (χ2n) is 7.88. The van der Waals surface area contributed by atoms with Gasteiger partial charge in [-0.2, -0.15) is 0 Å². The van der Waals surface area contributed by atoms with Crippen LogP contribution in [0.3, 0.4) is 0 Å². The molecule has 2 atom stereocenters. The molecule has 1 aromatic carbocycles. The molecule has 0 radical (unpaired) electrons. The Morgan fingerprint density at radius 3 is 2.60 bits per heavy atom. The van der Waals surface area contributed by atoms with Gasteiger partial charge in [0.05, 0.1) is 37.5 Å². The molecule has 0 unspecified atom stereocenters. The van der Waals surface area contributed by atoms with Crippen LogP contribution in [0.2, 0.25) is 0 Å². The van der Waals surface area contributed by atoms with Gasteiger partial charge in [0.1, 0.15) is 0 Å². The summed E-state index contributed by atoms with van der Waals surface area (Å²) in [5, 5.41) is 9.82. The molecule has 160 valence electrons. The minimum Gasteiger partial charge on any atom is -0.481 e. The number of aliphatic hydroxyl groups excluding tert-OH is 1. The van der Waals surface area contributed by atoms with Crippen molar-refractivity contribution in [3.05, 3.63) is 59.8 Å². The Balaban J connectivity index is 1.58. The Morgan fingerprint density at radius 2 is 1.93 bits per heavy atom. The standard InChI is InChI=1S/C23H29N3O4/c1-29-21-8-7-18(15-24-21)23(28)26-13-14-30-20(16-25-11-9-19(27)10-12-25)22(26)17-5-3-2-4-6-17/h2-8,15,19-20,22,27H,9-14,16H2,1H3/t20-,22-/m0/s1. The van der Waals surface area contributed by atoms with Gasteiger partial charge >= 0.3 is 0 Å². The predicted octanol–water partition coefficient (Wildman–Crippen LogP) is 2.13. The van der Waals surface area contributed by atoms with Crippen LogP contribution in [0.5, 0.6) is 5.88 Å². The van der Waals surface area contributed by atoms with Crippen LogP contribution in [-0.4, -0.2) is 77.9 Å². The summed E-state index contributed by atoms with van der Waals surface area (Å²) in [7, 11) is 1.56. The number of carbonyl (C=O) groups is 1. The molecular formula is C23H29N3O4. The van der Waals surface area contributed by atoms with Crippen molar-refractivity contribution < 1.29 is 19.4 Å². The first-order chi connectivity index (χ1) is 14.7. The molecule has 7 nitrogen and oxygen atoms in total. The fourth-order valence-electron chi connectivity index (χ4n) is 4.31. The topological polar surface area (TPSA) is 75.1 Å². The molecule has 2 aliphatic heterocycles. The summed E-state index contributed by atoms with van der Waals surface area (Å²) in [5.41, 5.74) is 1.60. The maximum absolute atomic E-state index is 13.4. The van der Waals surface area contributed by atoms with E-state index in [-0.39, 0.29) is 24.2 Å². The number of hydrogen-bond acceptors (Lipinski definition) is 6. The number of ether oxygens (including phenoxy) is 2. The fraction of sp³-hybridized carbons (Fsp3) is 0.478. The van der Waals surface area contributed by atoms with Gasteiger partial charge < -0.3 is 24.4 Å². The second-order valence-corrected chi connectivity index (χ2v) is 7.88. The largest absolute Gasteiger partial charge is 0.481 e. The normalized spacial score (nSPS) is 23.3. The average Bonchev–Trinajstić information content (AvgIpc) is 2.80. The van der Waals surface area contributed by atoms with Crippen LogP contribution < -0.4 is 4.74 Å². The summed E-state index contributed by atoms with van der Waals surface area (Å²) in [6.45, 7) is 3.45. The maximum atomic E-state index is 13.4. The Bertz CT molecular complexity index is 822. The summed E-state index contributed by atoms with van der Waals surface area (Å²) in [4.78, 5) is 21.8. The van der Waals surface area contributed by atoms with E-state index in [9.17, 15) is 9.90 Å². The molecule has 30 heavy (non-hydrogen) atoms. The van der Waals surface area contributed by atoms with Crippen LogP contribution in [0.15, 0.2) is 48.7 Å². The van der Waals surface area contributed by atoms with Crippen molar-refractivity contribution in [2.24, 2.45) is 0 Å². The SMILES string of the molecule is COc1ccc(C(=O)N2CCO[C@@H](CN3CCC(O)CC3)[C@@H]2c2ccccc2)cn1. The summed E-state index contributed by atoms with van der Waals surface area (Å²) in [6.07, 6.45) is 2.79. The molecule has 1 aromatic heterocycles. The summed E-state index contributed by atoms with van der Waals surface area (Å²) >= 11 is 0. The smallest absolute Gasteiger partial charge is 0.256 e. The van der Waals surface area contributed by atoms with Crippen molar-refractivity contribution >= 4 is 5.91 Å². The number of rotatable bonds is 5. The zero-order valence-corrected chi connectivity index (χ0v) is 17.3. The number of hydrogen-bond donors (Lipinski definition) is 1. The van der Waals surface area contributed by atoms with E-state index in [1.165, 1.54) is 0 Å². The number of carbonyl (C=O) groups excluding carboxylic acids is 1. The van der Waals surface area contributed by atoms with E-state index in [1.54, 1.807) is 25.4 Å². The highest BCUT2D eigenvalue weighted by molar-refractivity contribution is 5.94. The van der Waals surface area contributed by atoms with Crippen LogP contribution >= 0.6 is 0 Å². The lowest BCUT2D eigenvalue weighted by Crippen LogP contribution is -2.52. The third-order valence-electron chi connectivity index (χ3n) is 5.94. The van der Waals surface area contributed by atoms with Crippen molar-refractivity contribution in [2.75, 3.05) is 39.9 Å². The molecule has 4 rings (SSSR count). The fourth-order valence-corrected chi connectivity index (χ4v) is 4.31. The number of likely N-dealkylation sites (tertiary alicyclic amines) is 1. The van der Waals surface area contributed by atoms with Gasteiger partial charge in [-0.05, 0) is 24.5 Å². The number of aliphatic hydroxyl groups is 1.